The topological polar surface area (TPSA) is 69.9 Å². The van der Waals surface area contributed by atoms with Crippen LogP contribution in [-0.4, -0.2) is 32.3 Å². The molecule has 2 aromatic rings. The van der Waals surface area contributed by atoms with Crippen molar-refractivity contribution in [2.75, 3.05) is 6.61 Å². The second-order valence-electron chi connectivity index (χ2n) is 3.77. The van der Waals surface area contributed by atoms with Crippen molar-refractivity contribution in [1.29, 1.82) is 0 Å². The number of nitrogens with zero attached hydrogens (tertiary/aromatic N) is 4. The van der Waals surface area contributed by atoms with E-state index in [2.05, 4.69) is 15.1 Å². The first kappa shape index (κ1) is 12.2. The van der Waals surface area contributed by atoms with E-state index >= 15 is 0 Å². The lowest BCUT2D eigenvalue weighted by Gasteiger charge is -2.01. The number of carbonyl (C=O) groups is 1. The van der Waals surface area contributed by atoms with Crippen LogP contribution in [0.2, 0.25) is 0 Å². The molecule has 6 heteroatoms. The van der Waals surface area contributed by atoms with Gasteiger partial charge in [0, 0.05) is 13.2 Å². The Labute approximate surface area is 105 Å². The standard InChI is InChI=1S/C12H14N4O2/c1-4-18-12(17)10-14-11(16(3)15-10)9-8(2)6-5-7-13-9/h5-7H,4H2,1-3H3. The molecule has 0 amide bonds. The average Bonchev–Trinajstić information content (AvgIpc) is 2.72. The number of rotatable bonds is 3. The molecule has 0 saturated carbocycles. The van der Waals surface area contributed by atoms with Crippen molar-refractivity contribution in [3.63, 3.8) is 0 Å². The van der Waals surface area contributed by atoms with Crippen LogP contribution in [-0.2, 0) is 11.8 Å². The van der Waals surface area contributed by atoms with E-state index in [1.54, 1.807) is 20.2 Å². The summed E-state index contributed by atoms with van der Waals surface area (Å²) in [6, 6.07) is 3.78. The smallest absolute Gasteiger partial charge is 0.378 e. The molecule has 2 rings (SSSR count). The number of ether oxygens (including phenoxy) is 1. The molecular formula is C12H14N4O2. The fourth-order valence-electron chi connectivity index (χ4n) is 1.59. The summed E-state index contributed by atoms with van der Waals surface area (Å²) in [5.74, 6) is 0.0866. The lowest BCUT2D eigenvalue weighted by Crippen LogP contribution is -2.07. The van der Waals surface area contributed by atoms with E-state index < -0.39 is 5.97 Å². The predicted octanol–water partition coefficient (Wildman–Crippen LogP) is 1.36. The van der Waals surface area contributed by atoms with E-state index in [1.807, 2.05) is 19.1 Å². The van der Waals surface area contributed by atoms with Gasteiger partial charge in [0.25, 0.3) is 5.82 Å². The van der Waals surface area contributed by atoms with E-state index in [-0.39, 0.29) is 5.82 Å². The first-order chi connectivity index (χ1) is 8.63. The van der Waals surface area contributed by atoms with Gasteiger partial charge in [-0.25, -0.2) is 9.48 Å². The minimum Gasteiger partial charge on any atom is -0.460 e. The summed E-state index contributed by atoms with van der Waals surface area (Å²) in [5, 5.41) is 4.04. The summed E-state index contributed by atoms with van der Waals surface area (Å²) >= 11 is 0. The molecule has 0 aliphatic rings. The molecule has 0 radical (unpaired) electrons. The fraction of sp³-hybridized carbons (Fsp3) is 0.333. The molecule has 18 heavy (non-hydrogen) atoms. The molecule has 2 heterocycles. The third-order valence-corrected chi connectivity index (χ3v) is 2.44. The number of pyridine rings is 1. The Morgan fingerprint density at radius 3 is 2.94 bits per heavy atom. The molecule has 0 bridgehead atoms. The minimum atomic E-state index is -0.520. The molecule has 0 aromatic carbocycles. The van der Waals surface area contributed by atoms with E-state index in [4.69, 9.17) is 4.74 Å². The fourth-order valence-corrected chi connectivity index (χ4v) is 1.59. The lowest BCUT2D eigenvalue weighted by atomic mass is 10.2. The summed E-state index contributed by atoms with van der Waals surface area (Å²) in [7, 11) is 1.72. The number of carbonyl (C=O) groups excluding carboxylic acids is 1. The molecule has 0 aliphatic heterocycles. The van der Waals surface area contributed by atoms with Crippen molar-refractivity contribution in [3.8, 4) is 11.5 Å². The highest BCUT2D eigenvalue weighted by molar-refractivity contribution is 5.85. The second-order valence-corrected chi connectivity index (χ2v) is 3.77. The Kier molecular flexibility index (Phi) is 3.36. The molecule has 94 valence electrons. The first-order valence-corrected chi connectivity index (χ1v) is 5.63. The largest absolute Gasteiger partial charge is 0.460 e. The van der Waals surface area contributed by atoms with Gasteiger partial charge in [0.1, 0.15) is 5.69 Å². The Hall–Kier alpha value is -2.24. The predicted molar refractivity (Wildman–Crippen MR) is 64.9 cm³/mol. The number of hydrogen-bond acceptors (Lipinski definition) is 5. The second kappa shape index (κ2) is 4.95. The summed E-state index contributed by atoms with van der Waals surface area (Å²) in [6.07, 6.45) is 1.68. The van der Waals surface area contributed by atoms with Crippen LogP contribution in [0.1, 0.15) is 23.1 Å². The monoisotopic (exact) mass is 246 g/mol. The molecule has 0 unspecified atom stereocenters. The van der Waals surface area contributed by atoms with Crippen molar-refractivity contribution < 1.29 is 9.53 Å². The van der Waals surface area contributed by atoms with Gasteiger partial charge in [-0.05, 0) is 25.5 Å². The van der Waals surface area contributed by atoms with Gasteiger partial charge < -0.3 is 4.74 Å². The van der Waals surface area contributed by atoms with Crippen LogP contribution in [0.15, 0.2) is 18.3 Å². The molecule has 2 aromatic heterocycles. The van der Waals surface area contributed by atoms with Crippen LogP contribution in [0.5, 0.6) is 0 Å². The van der Waals surface area contributed by atoms with E-state index in [1.165, 1.54) is 4.68 Å². The van der Waals surface area contributed by atoms with Crippen molar-refractivity contribution >= 4 is 5.97 Å². The van der Waals surface area contributed by atoms with E-state index in [9.17, 15) is 4.79 Å². The SMILES string of the molecule is CCOC(=O)c1nc(-c2ncccc2C)n(C)n1. The Bertz CT molecular complexity index is 577. The van der Waals surface area contributed by atoms with Gasteiger partial charge in [0.05, 0.1) is 6.61 Å². The number of aryl methyl sites for hydroxylation is 2. The third kappa shape index (κ3) is 2.22. The molecule has 0 saturated heterocycles. The summed E-state index contributed by atoms with van der Waals surface area (Å²) < 4.78 is 6.39. The van der Waals surface area contributed by atoms with Gasteiger partial charge in [0.15, 0.2) is 5.82 Å². The molecule has 0 fully saturated rings. The highest BCUT2D eigenvalue weighted by Gasteiger charge is 2.18. The average molecular weight is 246 g/mol. The van der Waals surface area contributed by atoms with Crippen LogP contribution in [0.3, 0.4) is 0 Å². The maximum Gasteiger partial charge on any atom is 0.378 e. The van der Waals surface area contributed by atoms with Gasteiger partial charge in [-0.1, -0.05) is 6.07 Å². The maximum atomic E-state index is 11.5. The molecule has 0 aliphatic carbocycles. The van der Waals surface area contributed by atoms with Crippen molar-refractivity contribution in [2.24, 2.45) is 7.05 Å². The van der Waals surface area contributed by atoms with E-state index in [0.717, 1.165) is 5.56 Å². The molecule has 6 nitrogen and oxygen atoms in total. The van der Waals surface area contributed by atoms with Crippen LogP contribution in [0, 0.1) is 6.92 Å². The molecule has 0 spiro atoms. The van der Waals surface area contributed by atoms with E-state index in [0.29, 0.717) is 18.1 Å². The van der Waals surface area contributed by atoms with Crippen LogP contribution < -0.4 is 0 Å². The quantitative estimate of drug-likeness (QED) is 0.765. The summed E-state index contributed by atoms with van der Waals surface area (Å²) in [5.41, 5.74) is 1.69. The van der Waals surface area contributed by atoms with Crippen molar-refractivity contribution in [1.82, 2.24) is 19.7 Å². The maximum absolute atomic E-state index is 11.5. The Morgan fingerprint density at radius 1 is 1.50 bits per heavy atom. The van der Waals surface area contributed by atoms with Gasteiger partial charge in [-0.2, -0.15) is 4.98 Å². The molecule has 0 atom stereocenters. The molecular weight excluding hydrogens is 232 g/mol. The van der Waals surface area contributed by atoms with Crippen LogP contribution in [0.25, 0.3) is 11.5 Å². The number of esters is 1. The lowest BCUT2D eigenvalue weighted by molar-refractivity contribution is 0.0512. The first-order valence-electron chi connectivity index (χ1n) is 5.63. The van der Waals surface area contributed by atoms with Crippen LogP contribution >= 0.6 is 0 Å². The highest BCUT2D eigenvalue weighted by atomic mass is 16.5. The van der Waals surface area contributed by atoms with Crippen molar-refractivity contribution in [3.05, 3.63) is 29.7 Å². The zero-order chi connectivity index (χ0) is 13.1. The van der Waals surface area contributed by atoms with Crippen molar-refractivity contribution in [2.45, 2.75) is 13.8 Å². The van der Waals surface area contributed by atoms with Crippen LogP contribution in [0.4, 0.5) is 0 Å². The van der Waals surface area contributed by atoms with Gasteiger partial charge in [-0.15, -0.1) is 5.10 Å². The highest BCUT2D eigenvalue weighted by Crippen LogP contribution is 2.17. The normalized spacial score (nSPS) is 10.4. The zero-order valence-corrected chi connectivity index (χ0v) is 10.5. The Balaban J connectivity index is 2.42. The molecule has 0 N–H and O–H groups in total. The Morgan fingerprint density at radius 2 is 2.28 bits per heavy atom. The van der Waals surface area contributed by atoms with Gasteiger partial charge >= 0.3 is 5.97 Å². The number of hydrogen-bond donors (Lipinski definition) is 0. The zero-order valence-electron chi connectivity index (χ0n) is 10.5. The van der Waals surface area contributed by atoms with Gasteiger partial charge in [-0.3, -0.25) is 4.98 Å². The summed E-state index contributed by atoms with van der Waals surface area (Å²) in [6.45, 7) is 3.97. The minimum absolute atomic E-state index is 0.0550. The van der Waals surface area contributed by atoms with Gasteiger partial charge in [0.2, 0.25) is 0 Å². The summed E-state index contributed by atoms with van der Waals surface area (Å²) in [4.78, 5) is 20.0. The number of aromatic nitrogens is 4. The third-order valence-electron chi connectivity index (χ3n) is 2.44.